The molecule has 0 saturated carbocycles. The number of aromatic nitrogens is 1. The molecular weight excluding hydrogens is 344 g/mol. The molecule has 27 heavy (non-hydrogen) atoms. The van der Waals surface area contributed by atoms with Gasteiger partial charge in [-0.15, -0.1) is 0 Å². The van der Waals surface area contributed by atoms with Crippen LogP contribution in [0.5, 0.6) is 5.88 Å². The lowest BCUT2D eigenvalue weighted by molar-refractivity contribution is -0.141. The summed E-state index contributed by atoms with van der Waals surface area (Å²) >= 11 is 0. The van der Waals surface area contributed by atoms with Crippen molar-refractivity contribution in [1.82, 2.24) is 4.98 Å². The molecule has 0 aliphatic rings. The minimum atomic E-state index is -0.436. The third kappa shape index (κ3) is 4.34. The van der Waals surface area contributed by atoms with E-state index in [0.717, 1.165) is 0 Å². The van der Waals surface area contributed by atoms with Crippen LogP contribution in [0.15, 0.2) is 30.3 Å². The smallest absolute Gasteiger partial charge is 0.325 e. The molecule has 2 aromatic rings. The molecule has 1 aromatic carbocycles. The van der Waals surface area contributed by atoms with E-state index < -0.39 is 5.97 Å². The maximum absolute atomic E-state index is 11.9. The number of anilines is 1. The van der Waals surface area contributed by atoms with E-state index in [1.54, 1.807) is 20.9 Å². The number of rotatable bonds is 7. The molecule has 0 fully saturated rings. The molecule has 0 radical (unpaired) electrons. The van der Waals surface area contributed by atoms with Crippen molar-refractivity contribution >= 4 is 11.8 Å². The zero-order valence-electron chi connectivity index (χ0n) is 15.5. The Morgan fingerprint density at radius 3 is 2.33 bits per heavy atom. The lowest BCUT2D eigenvalue weighted by Crippen LogP contribution is -2.29. The number of carbonyl (C=O) groups is 1. The van der Waals surface area contributed by atoms with E-state index in [1.165, 1.54) is 4.90 Å². The van der Waals surface area contributed by atoms with Gasteiger partial charge in [-0.2, -0.15) is 15.5 Å². The van der Waals surface area contributed by atoms with Crippen LogP contribution in [0.4, 0.5) is 5.82 Å². The van der Waals surface area contributed by atoms with Crippen LogP contribution in [0.25, 0.3) is 11.1 Å². The van der Waals surface area contributed by atoms with Gasteiger partial charge >= 0.3 is 5.97 Å². The van der Waals surface area contributed by atoms with E-state index in [4.69, 9.17) is 9.47 Å². The van der Waals surface area contributed by atoms with Gasteiger partial charge in [-0.3, -0.25) is 4.79 Å². The van der Waals surface area contributed by atoms with Gasteiger partial charge in [0.2, 0.25) is 5.88 Å². The fraction of sp³-hybridized carbons (Fsp3) is 0.300. The second kappa shape index (κ2) is 9.21. The molecule has 0 N–H and O–H groups in total. The van der Waals surface area contributed by atoms with Gasteiger partial charge in [0.25, 0.3) is 0 Å². The molecule has 0 atom stereocenters. The maximum atomic E-state index is 11.9. The molecule has 2 rings (SSSR count). The molecule has 7 nitrogen and oxygen atoms in total. The molecular formula is C20H20N4O3. The summed E-state index contributed by atoms with van der Waals surface area (Å²) in [6.07, 6.45) is 0. The fourth-order valence-electron chi connectivity index (χ4n) is 2.65. The second-order valence-electron chi connectivity index (χ2n) is 5.55. The number of hydrogen-bond donors (Lipinski definition) is 0. The van der Waals surface area contributed by atoms with Gasteiger partial charge in [-0.05, 0) is 19.4 Å². The predicted molar refractivity (Wildman–Crippen MR) is 100 cm³/mol. The first-order chi connectivity index (χ1) is 13.1. The Balaban J connectivity index is 2.71. The van der Waals surface area contributed by atoms with Gasteiger partial charge in [-0.25, -0.2) is 0 Å². The van der Waals surface area contributed by atoms with Crippen molar-refractivity contribution in [2.75, 3.05) is 31.7 Å². The summed E-state index contributed by atoms with van der Waals surface area (Å²) in [7, 11) is 1.64. The third-order valence-corrected chi connectivity index (χ3v) is 3.75. The lowest BCUT2D eigenvalue weighted by atomic mass is 9.96. The van der Waals surface area contributed by atoms with Crippen LogP contribution in [0.3, 0.4) is 0 Å². The zero-order valence-corrected chi connectivity index (χ0v) is 15.5. The minimum absolute atomic E-state index is 0.0821. The van der Waals surface area contributed by atoms with Crippen molar-refractivity contribution in [1.29, 1.82) is 10.5 Å². The number of nitrogens with zero attached hydrogens (tertiary/aromatic N) is 4. The second-order valence-corrected chi connectivity index (χ2v) is 5.55. The van der Waals surface area contributed by atoms with Crippen LogP contribution in [0.1, 0.15) is 25.0 Å². The van der Waals surface area contributed by atoms with E-state index in [2.05, 4.69) is 17.1 Å². The molecule has 0 saturated heterocycles. The van der Waals surface area contributed by atoms with E-state index in [0.29, 0.717) is 17.7 Å². The Kier molecular flexibility index (Phi) is 6.73. The van der Waals surface area contributed by atoms with Gasteiger partial charge in [0.1, 0.15) is 29.8 Å². The SMILES string of the molecule is CCOC(=O)CN(C)c1nc(OCC)c(C#N)c(-c2ccccc2)c1C#N. The van der Waals surface area contributed by atoms with Crippen LogP contribution < -0.4 is 9.64 Å². The summed E-state index contributed by atoms with van der Waals surface area (Å²) in [6.45, 7) is 3.99. The standard InChI is InChI=1S/C20H20N4O3/c1-4-26-17(25)13-24(3)19-15(11-21)18(14-9-7-6-8-10-14)16(12-22)20(23-19)27-5-2/h6-10H,4-5,13H2,1-3H3. The zero-order chi connectivity index (χ0) is 19.8. The van der Waals surface area contributed by atoms with Crippen molar-refractivity contribution < 1.29 is 14.3 Å². The average Bonchev–Trinajstić information content (AvgIpc) is 2.67. The maximum Gasteiger partial charge on any atom is 0.325 e. The van der Waals surface area contributed by atoms with Crippen LogP contribution in [0.2, 0.25) is 0 Å². The van der Waals surface area contributed by atoms with Crippen molar-refractivity contribution in [3.05, 3.63) is 41.5 Å². The van der Waals surface area contributed by atoms with Gasteiger partial charge in [0.15, 0.2) is 5.82 Å². The number of pyridine rings is 1. The Bertz CT molecular complexity index is 898. The molecule has 0 aliphatic carbocycles. The lowest BCUT2D eigenvalue weighted by Gasteiger charge is -2.22. The van der Waals surface area contributed by atoms with Crippen LogP contribution in [-0.4, -0.2) is 37.8 Å². The number of carbonyl (C=O) groups excluding carboxylic acids is 1. The number of hydrogen-bond acceptors (Lipinski definition) is 7. The van der Waals surface area contributed by atoms with E-state index >= 15 is 0 Å². The van der Waals surface area contributed by atoms with Crippen molar-refractivity contribution in [3.63, 3.8) is 0 Å². The van der Waals surface area contributed by atoms with Crippen molar-refractivity contribution in [2.24, 2.45) is 0 Å². The number of benzene rings is 1. The molecule has 1 heterocycles. The highest BCUT2D eigenvalue weighted by molar-refractivity contribution is 5.84. The summed E-state index contributed by atoms with van der Waals surface area (Å²) in [4.78, 5) is 17.7. The Labute approximate surface area is 158 Å². The number of likely N-dealkylation sites (N-methyl/N-ethyl adjacent to an activating group) is 1. The van der Waals surface area contributed by atoms with Gasteiger partial charge in [0, 0.05) is 12.6 Å². The van der Waals surface area contributed by atoms with Crippen LogP contribution in [0, 0.1) is 22.7 Å². The molecule has 138 valence electrons. The summed E-state index contributed by atoms with van der Waals surface area (Å²) in [5.74, 6) is -0.0512. The molecule has 1 aromatic heterocycles. The molecule has 0 unspecified atom stereocenters. The highest BCUT2D eigenvalue weighted by Crippen LogP contribution is 2.37. The van der Waals surface area contributed by atoms with Gasteiger partial charge in [-0.1, -0.05) is 30.3 Å². The Morgan fingerprint density at radius 1 is 1.11 bits per heavy atom. The van der Waals surface area contributed by atoms with Crippen LogP contribution in [-0.2, 0) is 9.53 Å². The largest absolute Gasteiger partial charge is 0.477 e. The first-order valence-electron chi connectivity index (χ1n) is 8.50. The summed E-state index contributed by atoms with van der Waals surface area (Å²) in [6, 6.07) is 13.3. The number of ether oxygens (including phenoxy) is 2. The van der Waals surface area contributed by atoms with E-state index in [-0.39, 0.29) is 36.0 Å². The first-order valence-corrected chi connectivity index (χ1v) is 8.50. The minimum Gasteiger partial charge on any atom is -0.477 e. The van der Waals surface area contributed by atoms with Crippen molar-refractivity contribution in [3.8, 4) is 29.1 Å². The van der Waals surface area contributed by atoms with E-state index in [9.17, 15) is 15.3 Å². The van der Waals surface area contributed by atoms with Gasteiger partial charge < -0.3 is 14.4 Å². The highest BCUT2D eigenvalue weighted by Gasteiger charge is 2.25. The molecule has 0 amide bonds. The third-order valence-electron chi connectivity index (χ3n) is 3.75. The topological polar surface area (TPSA) is 99.2 Å². The number of nitriles is 2. The average molecular weight is 364 g/mol. The van der Waals surface area contributed by atoms with E-state index in [1.807, 2.05) is 30.3 Å². The predicted octanol–water partition coefficient (Wildman–Crippen LogP) is 2.89. The quantitative estimate of drug-likeness (QED) is 0.696. The fourth-order valence-corrected chi connectivity index (χ4v) is 2.65. The molecule has 7 heteroatoms. The summed E-state index contributed by atoms with van der Waals surface area (Å²) in [5.41, 5.74) is 1.52. The monoisotopic (exact) mass is 364 g/mol. The molecule has 0 bridgehead atoms. The van der Waals surface area contributed by atoms with Crippen molar-refractivity contribution in [2.45, 2.75) is 13.8 Å². The Morgan fingerprint density at radius 2 is 1.78 bits per heavy atom. The normalized spacial score (nSPS) is 9.81. The van der Waals surface area contributed by atoms with Gasteiger partial charge in [0.05, 0.1) is 13.2 Å². The summed E-state index contributed by atoms with van der Waals surface area (Å²) in [5, 5.41) is 19.5. The molecule has 0 aliphatic heterocycles. The first kappa shape index (κ1) is 19.7. The number of esters is 1. The summed E-state index contributed by atoms with van der Waals surface area (Å²) < 4.78 is 10.5. The highest BCUT2D eigenvalue weighted by atomic mass is 16.5. The van der Waals surface area contributed by atoms with Crippen LogP contribution >= 0.6 is 0 Å². The molecule has 0 spiro atoms. The Hall–Kier alpha value is -3.58.